The number of aromatic nitrogens is 1. The van der Waals surface area contributed by atoms with Crippen molar-refractivity contribution in [3.8, 4) is 9.88 Å². The van der Waals surface area contributed by atoms with E-state index in [1.54, 1.807) is 16.7 Å². The maximum absolute atomic E-state index is 12.1. The number of thiophene rings is 1. The van der Waals surface area contributed by atoms with Gasteiger partial charge >= 0.3 is 5.97 Å². The van der Waals surface area contributed by atoms with E-state index in [1.807, 2.05) is 11.4 Å². The van der Waals surface area contributed by atoms with Crippen LogP contribution in [0.1, 0.15) is 23.3 Å². The lowest BCUT2D eigenvalue weighted by Crippen LogP contribution is -2.46. The Morgan fingerprint density at radius 1 is 1.33 bits per heavy atom. The summed E-state index contributed by atoms with van der Waals surface area (Å²) in [6.45, 7) is 0. The summed E-state index contributed by atoms with van der Waals surface area (Å²) in [6.07, 6.45) is 0.992. The Labute approximate surface area is 137 Å². The van der Waals surface area contributed by atoms with Crippen molar-refractivity contribution < 1.29 is 14.7 Å². The number of halogens is 1. The molecule has 2 heterocycles. The maximum atomic E-state index is 12.1. The third-order valence-corrected chi connectivity index (χ3v) is 6.04. The van der Waals surface area contributed by atoms with Crippen molar-refractivity contribution in [3.63, 3.8) is 0 Å². The van der Waals surface area contributed by atoms with Crippen LogP contribution in [0.15, 0.2) is 21.3 Å². The van der Waals surface area contributed by atoms with Gasteiger partial charge in [-0.05, 0) is 34.8 Å². The molecule has 1 aliphatic carbocycles. The van der Waals surface area contributed by atoms with E-state index < -0.39 is 5.97 Å². The zero-order chi connectivity index (χ0) is 15.0. The number of thiazole rings is 1. The average molecular weight is 387 g/mol. The number of carbonyl (C=O) groups excluding carboxylic acids is 1. The molecular formula is C13H11BrN2O3S2. The van der Waals surface area contributed by atoms with Gasteiger partial charge in [-0.15, -0.1) is 22.7 Å². The van der Waals surface area contributed by atoms with Crippen molar-refractivity contribution in [3.05, 3.63) is 27.0 Å². The normalized spacial score (nSPS) is 20.8. The van der Waals surface area contributed by atoms with Crippen LogP contribution in [0.2, 0.25) is 0 Å². The number of hydrogen-bond donors (Lipinski definition) is 2. The van der Waals surface area contributed by atoms with Gasteiger partial charge in [0, 0.05) is 21.3 Å². The zero-order valence-corrected chi connectivity index (χ0v) is 13.9. The van der Waals surface area contributed by atoms with Crippen LogP contribution < -0.4 is 5.32 Å². The number of aliphatic carboxylic acids is 1. The highest BCUT2D eigenvalue weighted by atomic mass is 79.9. The second-order valence-corrected chi connectivity index (χ2v) is 7.53. The molecule has 21 heavy (non-hydrogen) atoms. The standard InChI is InChI=1S/C13H11BrN2O3S2/c14-7-3-10(20-4-7)12-16-9(5-21-12)11(17)15-8-1-6(2-8)13(18)19/h3-6,8H,1-2H2,(H,15,17)(H,18,19). The van der Waals surface area contributed by atoms with Crippen molar-refractivity contribution in [1.82, 2.24) is 10.3 Å². The number of carbonyl (C=O) groups is 2. The lowest BCUT2D eigenvalue weighted by atomic mass is 9.80. The van der Waals surface area contributed by atoms with Crippen molar-refractivity contribution >= 4 is 50.5 Å². The second kappa shape index (κ2) is 5.86. The van der Waals surface area contributed by atoms with Gasteiger partial charge in [-0.1, -0.05) is 0 Å². The predicted molar refractivity (Wildman–Crippen MR) is 84.7 cm³/mol. The third-order valence-electron chi connectivity index (χ3n) is 3.34. The van der Waals surface area contributed by atoms with Gasteiger partial charge in [-0.2, -0.15) is 0 Å². The van der Waals surface area contributed by atoms with E-state index in [4.69, 9.17) is 5.11 Å². The van der Waals surface area contributed by atoms with E-state index in [2.05, 4.69) is 26.2 Å². The Morgan fingerprint density at radius 3 is 2.71 bits per heavy atom. The van der Waals surface area contributed by atoms with E-state index in [9.17, 15) is 9.59 Å². The summed E-state index contributed by atoms with van der Waals surface area (Å²) < 4.78 is 0.998. The van der Waals surface area contributed by atoms with Gasteiger partial charge in [0.1, 0.15) is 10.7 Å². The minimum absolute atomic E-state index is 0.0559. The highest BCUT2D eigenvalue weighted by Crippen LogP contribution is 2.32. The Hall–Kier alpha value is -1.25. The molecule has 0 aromatic carbocycles. The summed E-state index contributed by atoms with van der Waals surface area (Å²) in [4.78, 5) is 28.1. The quantitative estimate of drug-likeness (QED) is 0.844. The molecule has 0 saturated heterocycles. The molecule has 1 saturated carbocycles. The minimum atomic E-state index is -0.792. The van der Waals surface area contributed by atoms with Gasteiger partial charge in [0.2, 0.25) is 0 Å². The summed E-state index contributed by atoms with van der Waals surface area (Å²) in [6, 6.07) is 1.91. The molecule has 110 valence electrons. The number of nitrogens with one attached hydrogen (secondary N) is 1. The van der Waals surface area contributed by atoms with Gasteiger partial charge in [0.05, 0.1) is 10.8 Å². The van der Waals surface area contributed by atoms with Crippen LogP contribution in [0, 0.1) is 5.92 Å². The van der Waals surface area contributed by atoms with E-state index >= 15 is 0 Å². The lowest BCUT2D eigenvalue weighted by Gasteiger charge is -2.32. The topological polar surface area (TPSA) is 79.3 Å². The first-order valence-electron chi connectivity index (χ1n) is 6.26. The first kappa shape index (κ1) is 14.7. The van der Waals surface area contributed by atoms with Crippen molar-refractivity contribution in [1.29, 1.82) is 0 Å². The molecular weight excluding hydrogens is 376 g/mol. The summed E-state index contributed by atoms with van der Waals surface area (Å²) in [7, 11) is 0. The van der Waals surface area contributed by atoms with Gasteiger partial charge in [0.15, 0.2) is 0 Å². The molecule has 2 N–H and O–H groups in total. The number of rotatable bonds is 4. The molecule has 5 nitrogen and oxygen atoms in total. The smallest absolute Gasteiger partial charge is 0.306 e. The summed E-state index contributed by atoms with van der Waals surface area (Å²) >= 11 is 6.38. The van der Waals surface area contributed by atoms with Crippen LogP contribution in [0.5, 0.6) is 0 Å². The van der Waals surface area contributed by atoms with Crippen LogP contribution in [0.4, 0.5) is 0 Å². The highest BCUT2D eigenvalue weighted by molar-refractivity contribution is 9.10. The first-order chi connectivity index (χ1) is 10.0. The fraction of sp³-hybridized carbons (Fsp3) is 0.308. The lowest BCUT2D eigenvalue weighted by molar-refractivity contribution is -0.145. The maximum Gasteiger partial charge on any atom is 0.306 e. The molecule has 0 unspecified atom stereocenters. The van der Waals surface area contributed by atoms with Crippen LogP contribution in [-0.4, -0.2) is 28.0 Å². The molecule has 0 aliphatic heterocycles. The van der Waals surface area contributed by atoms with Crippen LogP contribution in [-0.2, 0) is 4.79 Å². The van der Waals surface area contributed by atoms with Crippen molar-refractivity contribution in [2.45, 2.75) is 18.9 Å². The fourth-order valence-corrected chi connectivity index (χ4v) is 4.42. The monoisotopic (exact) mass is 386 g/mol. The highest BCUT2D eigenvalue weighted by Gasteiger charge is 2.35. The van der Waals surface area contributed by atoms with E-state index in [-0.39, 0.29) is 17.9 Å². The predicted octanol–water partition coefficient (Wildman–Crippen LogP) is 3.23. The SMILES string of the molecule is O=C(NC1CC(C(=O)O)C1)c1csc(-c2cc(Br)cs2)n1. The molecule has 0 radical (unpaired) electrons. The molecule has 0 bridgehead atoms. The number of carboxylic acids is 1. The molecule has 3 rings (SSSR count). The van der Waals surface area contributed by atoms with Crippen molar-refractivity contribution in [2.24, 2.45) is 5.92 Å². The first-order valence-corrected chi connectivity index (χ1v) is 8.82. The zero-order valence-electron chi connectivity index (χ0n) is 10.7. The number of hydrogen-bond acceptors (Lipinski definition) is 5. The van der Waals surface area contributed by atoms with Gasteiger partial charge in [-0.25, -0.2) is 4.98 Å². The fourth-order valence-electron chi connectivity index (χ4n) is 2.11. The third kappa shape index (κ3) is 3.17. The molecule has 1 aliphatic rings. The van der Waals surface area contributed by atoms with Gasteiger partial charge < -0.3 is 10.4 Å². The van der Waals surface area contributed by atoms with Crippen LogP contribution in [0.3, 0.4) is 0 Å². The summed E-state index contributed by atoms with van der Waals surface area (Å²) in [5, 5.41) is 16.1. The summed E-state index contributed by atoms with van der Waals surface area (Å²) in [5.74, 6) is -1.36. The molecule has 0 spiro atoms. The van der Waals surface area contributed by atoms with Crippen LogP contribution in [0.25, 0.3) is 9.88 Å². The Balaban J connectivity index is 1.61. The molecule has 0 atom stereocenters. The second-order valence-electron chi connectivity index (χ2n) is 4.84. The molecule has 1 fully saturated rings. The van der Waals surface area contributed by atoms with Crippen LogP contribution >= 0.6 is 38.6 Å². The number of carboxylic acid groups (broad SMARTS) is 1. The van der Waals surface area contributed by atoms with Gasteiger partial charge in [0.25, 0.3) is 5.91 Å². The Morgan fingerprint density at radius 2 is 2.10 bits per heavy atom. The van der Waals surface area contributed by atoms with E-state index in [0.717, 1.165) is 14.4 Å². The molecule has 8 heteroatoms. The summed E-state index contributed by atoms with van der Waals surface area (Å²) in [5.41, 5.74) is 0.387. The van der Waals surface area contributed by atoms with E-state index in [1.165, 1.54) is 11.3 Å². The Bertz CT molecular complexity index is 691. The molecule has 2 aromatic heterocycles. The number of amides is 1. The average Bonchev–Trinajstić information content (AvgIpc) is 3.00. The minimum Gasteiger partial charge on any atom is -0.481 e. The Kier molecular flexibility index (Phi) is 4.10. The largest absolute Gasteiger partial charge is 0.481 e. The molecule has 1 amide bonds. The molecule has 2 aromatic rings. The number of nitrogens with zero attached hydrogens (tertiary/aromatic N) is 1. The van der Waals surface area contributed by atoms with Gasteiger partial charge in [-0.3, -0.25) is 9.59 Å². The van der Waals surface area contributed by atoms with E-state index in [0.29, 0.717) is 18.5 Å². The van der Waals surface area contributed by atoms with Crippen molar-refractivity contribution in [2.75, 3.05) is 0 Å².